The molecule has 0 atom stereocenters. The monoisotopic (exact) mass is 882 g/mol. The number of ether oxygens (including phenoxy) is 3. The van der Waals surface area contributed by atoms with E-state index in [9.17, 15) is 14.4 Å². The molecule has 0 bridgehead atoms. The minimum Gasteiger partial charge on any atom is -1.00 e. The Balaban J connectivity index is -0.000000167. The fourth-order valence-corrected chi connectivity index (χ4v) is 6.78. The summed E-state index contributed by atoms with van der Waals surface area (Å²) >= 11 is 7.21. The van der Waals surface area contributed by atoms with E-state index in [-0.39, 0.29) is 85.0 Å². The molecule has 2 N–H and O–H groups in total. The van der Waals surface area contributed by atoms with Crippen LogP contribution in [-0.4, -0.2) is 107 Å². The van der Waals surface area contributed by atoms with Gasteiger partial charge >= 0.3 is 36.8 Å². The maximum Gasteiger partial charge on any atom is 1.00 e. The Labute approximate surface area is 374 Å². The number of hydrogen-bond acceptors (Lipinski definition) is 10. The molecule has 0 aliphatic heterocycles. The van der Waals surface area contributed by atoms with Crippen LogP contribution in [0.25, 0.3) is 0 Å². The molecular weight excluding hydrogens is 798 g/mol. The molecule has 0 aromatic rings. The summed E-state index contributed by atoms with van der Waals surface area (Å²) in [5, 5.41) is 19.2. The second kappa shape index (κ2) is 35.6. The first-order valence-corrected chi connectivity index (χ1v) is 22.9. The van der Waals surface area contributed by atoms with E-state index in [2.05, 4.69) is 43.6 Å². The van der Waals surface area contributed by atoms with Crippen LogP contribution in [0.3, 0.4) is 0 Å². The van der Waals surface area contributed by atoms with Crippen LogP contribution < -0.4 is 18.9 Å². The number of alkyl halides is 1. The van der Waals surface area contributed by atoms with Crippen LogP contribution >= 0.6 is 39.5 Å². The fourth-order valence-electron chi connectivity index (χ4n) is 4.69. The molecule has 0 rings (SSSR count). The molecule has 0 radical (unpaired) electrons. The van der Waals surface area contributed by atoms with E-state index in [1.54, 1.807) is 0 Å². The summed E-state index contributed by atoms with van der Waals surface area (Å²) in [5.74, 6) is 4.12. The largest absolute Gasteiger partial charge is 1.00 e. The molecule has 0 aromatic heterocycles. The molecule has 0 aromatic carbocycles. The quantitative estimate of drug-likeness (QED) is 0.0313. The summed E-state index contributed by atoms with van der Waals surface area (Å²) in [4.78, 5) is 34.9. The van der Waals surface area contributed by atoms with Crippen LogP contribution in [0.2, 0.25) is 0 Å². The van der Waals surface area contributed by atoms with Gasteiger partial charge in [-0.3, -0.25) is 14.4 Å². The molecule has 0 unspecified atom stereocenters. The van der Waals surface area contributed by atoms with Gasteiger partial charge in [-0.2, -0.15) is 23.5 Å². The Bertz CT molecular complexity index is 890. The molecule has 0 saturated heterocycles. The SMILES string of the molecule is CC(C)(CO)CCCSCCCC(C)(C)CO.CCOC(=O)C(C)(C)CCCBr.CCOC(=O)C(C)(C)CCCSCCCC(C)(C)C(=O)OCC.[AlH3].[H-].[Li+]. The summed E-state index contributed by atoms with van der Waals surface area (Å²) in [5.41, 5.74) is -0.965. The van der Waals surface area contributed by atoms with Gasteiger partial charge in [0.1, 0.15) is 0 Å². The van der Waals surface area contributed by atoms with Crippen molar-refractivity contribution in [1.29, 1.82) is 0 Å². The van der Waals surface area contributed by atoms with Crippen molar-refractivity contribution < 1.29 is 59.1 Å². The molecule has 8 nitrogen and oxygen atoms in total. The third kappa shape index (κ3) is 35.8. The number of esters is 3. The summed E-state index contributed by atoms with van der Waals surface area (Å²) in [7, 11) is 0. The van der Waals surface area contributed by atoms with E-state index in [4.69, 9.17) is 24.4 Å². The van der Waals surface area contributed by atoms with E-state index in [0.29, 0.717) is 19.8 Å². The molecule has 0 aliphatic carbocycles. The molecule has 0 amide bonds. The van der Waals surface area contributed by atoms with E-state index in [1.165, 1.54) is 24.3 Å². The predicted molar refractivity (Wildman–Crippen MR) is 239 cm³/mol. The third-order valence-corrected chi connectivity index (χ3v) is 11.6. The van der Waals surface area contributed by atoms with Crippen LogP contribution in [-0.2, 0) is 28.6 Å². The number of thioether (sulfide) groups is 2. The van der Waals surface area contributed by atoms with Crippen molar-refractivity contribution >= 4 is 74.7 Å². The topological polar surface area (TPSA) is 119 Å². The first-order chi connectivity index (χ1) is 24.0. The minimum absolute atomic E-state index is 0. The number of halogens is 1. The summed E-state index contributed by atoms with van der Waals surface area (Å²) < 4.78 is 15.1. The van der Waals surface area contributed by atoms with E-state index in [1.807, 2.05) is 85.8 Å². The molecule has 0 spiro atoms. The third-order valence-electron chi connectivity index (χ3n) is 8.74. The fraction of sp³-hybridized carbons (Fsp3) is 0.927. The molecule has 54 heavy (non-hydrogen) atoms. The van der Waals surface area contributed by atoms with Gasteiger partial charge in [-0.15, -0.1) is 0 Å². The van der Waals surface area contributed by atoms with Crippen molar-refractivity contribution in [1.82, 2.24) is 0 Å². The number of carbonyl (C=O) groups excluding carboxylic acids is 3. The molecule has 320 valence electrons. The first-order valence-electron chi connectivity index (χ1n) is 19.5. The summed E-state index contributed by atoms with van der Waals surface area (Å²) in [6.45, 7) is 27.5. The molecule has 0 aliphatic rings. The number of aliphatic hydroxyl groups is 2. The van der Waals surface area contributed by atoms with Gasteiger partial charge in [0, 0.05) is 18.5 Å². The van der Waals surface area contributed by atoms with Crippen LogP contribution in [0.1, 0.15) is 156 Å². The zero-order valence-corrected chi connectivity index (χ0v) is 39.9. The van der Waals surface area contributed by atoms with E-state index in [0.717, 1.165) is 68.2 Å². The van der Waals surface area contributed by atoms with Gasteiger partial charge in [-0.25, -0.2) is 0 Å². The van der Waals surface area contributed by atoms with Crippen LogP contribution in [0.4, 0.5) is 0 Å². The molecule has 0 fully saturated rings. The Hall–Kier alpha value is 0.640. The standard InChI is InChI=1S/C18H34O4S.C14H30O2S.C9H17BrO2.Al.Li.4H/c1-7-21-15(19)17(3,4)11-9-13-23-14-10-12-18(5,6)16(20)22-8-2;1-13(2,11-15)7-5-9-17-10-6-8-14(3,4)12-16;1-4-12-8(11)9(2,3)6-5-7-10;;;;;;/h7-14H2,1-6H3;15-16H,5-12H2,1-4H3;4-7H2,1-3H3;;;;;;/q;;;;+1;;;;-1. The van der Waals surface area contributed by atoms with Gasteiger partial charge in [0.2, 0.25) is 0 Å². The molecule has 0 saturated carbocycles. The van der Waals surface area contributed by atoms with Crippen molar-refractivity contribution in [3.05, 3.63) is 0 Å². The normalized spacial score (nSPS) is 11.8. The zero-order chi connectivity index (χ0) is 40.9. The molecule has 0 heterocycles. The van der Waals surface area contributed by atoms with Crippen LogP contribution in [0.15, 0.2) is 0 Å². The number of rotatable bonds is 27. The first kappa shape index (κ1) is 63.8. The molecule has 13 heteroatoms. The maximum absolute atomic E-state index is 11.8. The average molecular weight is 884 g/mol. The average Bonchev–Trinajstić information content (AvgIpc) is 3.07. The minimum atomic E-state index is -0.400. The van der Waals surface area contributed by atoms with Gasteiger partial charge in [0.25, 0.3) is 0 Å². The van der Waals surface area contributed by atoms with Gasteiger partial charge in [0.05, 0.1) is 36.1 Å². The maximum atomic E-state index is 11.8. The Morgan fingerprint density at radius 1 is 0.519 bits per heavy atom. The van der Waals surface area contributed by atoms with E-state index >= 15 is 0 Å². The zero-order valence-electron chi connectivity index (χ0n) is 37.7. The van der Waals surface area contributed by atoms with Crippen LogP contribution in [0, 0.1) is 27.1 Å². The predicted octanol–water partition coefficient (Wildman–Crippen LogP) is 6.46. The number of aliphatic hydroxyl groups excluding tert-OH is 2. The van der Waals surface area contributed by atoms with Crippen molar-refractivity contribution in [3.63, 3.8) is 0 Å². The number of hydrogen-bond donors (Lipinski definition) is 2. The van der Waals surface area contributed by atoms with Crippen molar-refractivity contribution in [2.75, 3.05) is 61.4 Å². The molecular formula is C41H85AlBrLiO8S2. The Morgan fingerprint density at radius 3 is 0.981 bits per heavy atom. The summed E-state index contributed by atoms with van der Waals surface area (Å²) in [6.07, 6.45) is 10.1. The van der Waals surface area contributed by atoms with E-state index < -0.39 is 10.8 Å². The second-order valence-corrected chi connectivity index (χ2v) is 20.1. The smallest absolute Gasteiger partial charge is 1.00 e. The van der Waals surface area contributed by atoms with Crippen molar-refractivity contribution in [3.8, 4) is 0 Å². The van der Waals surface area contributed by atoms with Gasteiger partial charge in [-0.05, 0) is 160 Å². The van der Waals surface area contributed by atoms with Crippen LogP contribution in [0.5, 0.6) is 0 Å². The van der Waals surface area contributed by atoms with Gasteiger partial charge in [-0.1, -0.05) is 43.6 Å². The van der Waals surface area contributed by atoms with Gasteiger partial charge in [0.15, 0.2) is 17.4 Å². The second-order valence-electron chi connectivity index (χ2n) is 16.9. The van der Waals surface area contributed by atoms with Gasteiger partial charge < -0.3 is 25.9 Å². The van der Waals surface area contributed by atoms with Crippen molar-refractivity contribution in [2.45, 2.75) is 154 Å². The Kier molecular flexibility index (Phi) is 42.0. The Morgan fingerprint density at radius 2 is 0.759 bits per heavy atom. The summed E-state index contributed by atoms with van der Waals surface area (Å²) in [6, 6.07) is 0. The number of carbonyl (C=O) groups is 3. The van der Waals surface area contributed by atoms with Crippen molar-refractivity contribution in [2.24, 2.45) is 27.1 Å².